The van der Waals surface area contributed by atoms with Crippen molar-refractivity contribution < 1.29 is 17.9 Å². The zero-order valence-corrected chi connectivity index (χ0v) is 10.0. The molecule has 2 aromatic rings. The predicted octanol–water partition coefficient (Wildman–Crippen LogP) is 2.66. The molecule has 6 heteroatoms. The fourth-order valence-electron chi connectivity index (χ4n) is 2.19. The number of hydrogen-bond donors (Lipinski definition) is 1. The highest BCUT2D eigenvalue weighted by molar-refractivity contribution is 5.87. The van der Waals surface area contributed by atoms with Crippen molar-refractivity contribution in [3.63, 3.8) is 0 Å². The Kier molecular flexibility index (Phi) is 2.98. The molecule has 0 aliphatic heterocycles. The molecule has 0 saturated carbocycles. The maximum Gasteiger partial charge on any atom is 0.431 e. The van der Waals surface area contributed by atoms with Gasteiger partial charge in [-0.2, -0.15) is 13.2 Å². The van der Waals surface area contributed by atoms with Crippen LogP contribution in [0.1, 0.15) is 11.3 Å². The number of aryl methyl sites for hydroxylation is 1. The average Bonchev–Trinajstić information content (AvgIpc) is 2.61. The van der Waals surface area contributed by atoms with Crippen LogP contribution in [0.25, 0.3) is 10.9 Å². The number of fused-ring (bicyclic) bond motifs is 1. The van der Waals surface area contributed by atoms with E-state index in [1.807, 2.05) is 0 Å². The molecule has 1 aromatic heterocycles. The number of ether oxygens (including phenoxy) is 1. The third-order valence-electron chi connectivity index (χ3n) is 2.99. The number of halogens is 3. The molecule has 3 nitrogen and oxygen atoms in total. The summed E-state index contributed by atoms with van der Waals surface area (Å²) in [4.78, 5) is 0. The number of methoxy groups -OCH3 is 1. The van der Waals surface area contributed by atoms with Crippen molar-refractivity contribution in [2.24, 2.45) is 12.8 Å². The lowest BCUT2D eigenvalue weighted by Crippen LogP contribution is -2.15. The second-order valence-corrected chi connectivity index (χ2v) is 3.97. The third-order valence-corrected chi connectivity index (χ3v) is 2.99. The molecule has 0 unspecified atom stereocenters. The molecule has 1 aromatic carbocycles. The molecule has 98 valence electrons. The third kappa shape index (κ3) is 1.82. The molecule has 0 saturated heterocycles. The highest BCUT2D eigenvalue weighted by Crippen LogP contribution is 2.38. The van der Waals surface area contributed by atoms with E-state index in [0.29, 0.717) is 16.7 Å². The summed E-state index contributed by atoms with van der Waals surface area (Å²) in [5.41, 5.74) is 5.33. The Morgan fingerprint density at radius 1 is 1.33 bits per heavy atom. The SMILES string of the molecule is COc1ccc2c(CN)c(C(F)(F)F)n(C)c2c1. The van der Waals surface area contributed by atoms with Crippen LogP contribution in [-0.4, -0.2) is 11.7 Å². The van der Waals surface area contributed by atoms with E-state index in [4.69, 9.17) is 10.5 Å². The van der Waals surface area contributed by atoms with Gasteiger partial charge in [-0.05, 0) is 12.1 Å². The lowest BCUT2D eigenvalue weighted by Gasteiger charge is -2.10. The summed E-state index contributed by atoms with van der Waals surface area (Å²) < 4.78 is 45.2. The van der Waals surface area contributed by atoms with E-state index in [1.165, 1.54) is 14.2 Å². The van der Waals surface area contributed by atoms with Crippen LogP contribution < -0.4 is 10.5 Å². The maximum absolute atomic E-state index is 13.0. The van der Waals surface area contributed by atoms with Crippen molar-refractivity contribution in [1.29, 1.82) is 0 Å². The average molecular weight is 258 g/mol. The standard InChI is InChI=1S/C12H13F3N2O/c1-17-10-5-7(18-2)3-4-8(10)9(6-16)11(17)12(13,14)15/h3-5H,6,16H2,1-2H3. The summed E-state index contributed by atoms with van der Waals surface area (Å²) in [6.07, 6.45) is -4.42. The zero-order valence-electron chi connectivity index (χ0n) is 10.0. The van der Waals surface area contributed by atoms with E-state index < -0.39 is 11.9 Å². The number of rotatable bonds is 2. The van der Waals surface area contributed by atoms with Crippen LogP contribution in [0, 0.1) is 0 Å². The summed E-state index contributed by atoms with van der Waals surface area (Å²) in [6.45, 7) is -0.154. The lowest BCUT2D eigenvalue weighted by atomic mass is 10.1. The van der Waals surface area contributed by atoms with Crippen molar-refractivity contribution >= 4 is 10.9 Å². The van der Waals surface area contributed by atoms with Crippen molar-refractivity contribution in [1.82, 2.24) is 4.57 Å². The van der Waals surface area contributed by atoms with E-state index in [0.717, 1.165) is 4.57 Å². The molecule has 0 aliphatic rings. The van der Waals surface area contributed by atoms with Gasteiger partial charge in [-0.15, -0.1) is 0 Å². The molecule has 0 aliphatic carbocycles. The first-order chi connectivity index (χ1) is 8.40. The smallest absolute Gasteiger partial charge is 0.431 e. The molecule has 0 bridgehead atoms. The van der Waals surface area contributed by atoms with Gasteiger partial charge in [0.15, 0.2) is 0 Å². The van der Waals surface area contributed by atoms with E-state index in [9.17, 15) is 13.2 Å². The number of nitrogens with zero attached hydrogens (tertiary/aromatic N) is 1. The van der Waals surface area contributed by atoms with Gasteiger partial charge >= 0.3 is 6.18 Å². The number of nitrogens with two attached hydrogens (primary N) is 1. The Hall–Kier alpha value is -1.69. The minimum atomic E-state index is -4.42. The second kappa shape index (κ2) is 4.20. The Morgan fingerprint density at radius 2 is 2.00 bits per heavy atom. The van der Waals surface area contributed by atoms with E-state index >= 15 is 0 Å². The van der Waals surface area contributed by atoms with Gasteiger partial charge in [0.1, 0.15) is 11.4 Å². The van der Waals surface area contributed by atoms with Gasteiger partial charge in [0.05, 0.1) is 12.6 Å². The van der Waals surface area contributed by atoms with Crippen LogP contribution in [0.5, 0.6) is 5.75 Å². The lowest BCUT2D eigenvalue weighted by molar-refractivity contribution is -0.143. The second-order valence-electron chi connectivity index (χ2n) is 3.97. The van der Waals surface area contributed by atoms with Gasteiger partial charge in [0, 0.05) is 30.6 Å². The predicted molar refractivity (Wildman–Crippen MR) is 62.4 cm³/mol. The van der Waals surface area contributed by atoms with Crippen molar-refractivity contribution in [3.8, 4) is 5.75 Å². The molecule has 0 spiro atoms. The molecule has 18 heavy (non-hydrogen) atoms. The highest BCUT2D eigenvalue weighted by Gasteiger charge is 2.37. The maximum atomic E-state index is 13.0. The highest BCUT2D eigenvalue weighted by atomic mass is 19.4. The zero-order chi connectivity index (χ0) is 13.5. The number of hydrogen-bond acceptors (Lipinski definition) is 2. The Labute approximate surface area is 102 Å². The van der Waals surface area contributed by atoms with Crippen LogP contribution in [0.3, 0.4) is 0 Å². The van der Waals surface area contributed by atoms with Crippen LogP contribution in [0.15, 0.2) is 18.2 Å². The van der Waals surface area contributed by atoms with Crippen LogP contribution in [0.4, 0.5) is 13.2 Å². The molecule has 2 N–H and O–H groups in total. The number of benzene rings is 1. The number of aromatic nitrogens is 1. The molecular formula is C12H13F3N2O. The van der Waals surface area contributed by atoms with E-state index in [2.05, 4.69) is 0 Å². The van der Waals surface area contributed by atoms with Crippen molar-refractivity contribution in [3.05, 3.63) is 29.5 Å². The van der Waals surface area contributed by atoms with Gasteiger partial charge < -0.3 is 15.0 Å². The minimum absolute atomic E-state index is 0.114. The molecule has 0 fully saturated rings. The van der Waals surface area contributed by atoms with Crippen molar-refractivity contribution in [2.45, 2.75) is 12.7 Å². The summed E-state index contributed by atoms with van der Waals surface area (Å²) in [6, 6.07) is 4.80. The minimum Gasteiger partial charge on any atom is -0.497 e. The Bertz CT molecular complexity index is 587. The van der Waals surface area contributed by atoms with Gasteiger partial charge in [-0.25, -0.2) is 0 Å². The fraction of sp³-hybridized carbons (Fsp3) is 0.333. The first-order valence-corrected chi connectivity index (χ1v) is 5.32. The fourth-order valence-corrected chi connectivity index (χ4v) is 2.19. The molecule has 0 radical (unpaired) electrons. The molecule has 0 amide bonds. The summed E-state index contributed by atoms with van der Waals surface area (Å²) >= 11 is 0. The normalized spacial score (nSPS) is 12.1. The van der Waals surface area contributed by atoms with Crippen LogP contribution in [-0.2, 0) is 19.8 Å². The summed E-state index contributed by atoms with van der Waals surface area (Å²) in [7, 11) is 2.85. The van der Waals surface area contributed by atoms with Crippen LogP contribution in [0.2, 0.25) is 0 Å². The van der Waals surface area contributed by atoms with E-state index in [-0.39, 0.29) is 12.1 Å². The van der Waals surface area contributed by atoms with E-state index in [1.54, 1.807) is 18.2 Å². The molecule has 0 atom stereocenters. The Balaban J connectivity index is 2.83. The quantitative estimate of drug-likeness (QED) is 0.899. The molecule has 2 rings (SSSR count). The first kappa shape index (κ1) is 12.8. The topological polar surface area (TPSA) is 40.2 Å². The Morgan fingerprint density at radius 3 is 2.50 bits per heavy atom. The van der Waals surface area contributed by atoms with Gasteiger partial charge in [0.2, 0.25) is 0 Å². The summed E-state index contributed by atoms with van der Waals surface area (Å²) in [5, 5.41) is 0.508. The first-order valence-electron chi connectivity index (χ1n) is 5.32. The number of alkyl halides is 3. The van der Waals surface area contributed by atoms with Gasteiger partial charge in [-0.1, -0.05) is 0 Å². The molecular weight excluding hydrogens is 245 g/mol. The largest absolute Gasteiger partial charge is 0.497 e. The summed E-state index contributed by atoms with van der Waals surface area (Å²) in [5.74, 6) is 0.514. The van der Waals surface area contributed by atoms with Crippen molar-refractivity contribution in [2.75, 3.05) is 7.11 Å². The monoisotopic (exact) mass is 258 g/mol. The van der Waals surface area contributed by atoms with Gasteiger partial charge in [-0.3, -0.25) is 0 Å². The van der Waals surface area contributed by atoms with Gasteiger partial charge in [0.25, 0.3) is 0 Å². The van der Waals surface area contributed by atoms with Crippen LogP contribution >= 0.6 is 0 Å². The molecule has 1 heterocycles.